The Morgan fingerprint density at radius 2 is 1.63 bits per heavy atom. The Morgan fingerprint density at radius 1 is 0.967 bits per heavy atom. The molecule has 0 amide bonds. The van der Waals surface area contributed by atoms with Crippen molar-refractivity contribution in [2.45, 2.75) is 25.4 Å². The third-order valence-electron chi connectivity index (χ3n) is 5.34. The fourth-order valence-electron chi connectivity index (χ4n) is 3.82. The van der Waals surface area contributed by atoms with Crippen LogP contribution in [-0.2, 0) is 6.54 Å². The van der Waals surface area contributed by atoms with E-state index in [1.807, 2.05) is 18.2 Å². The summed E-state index contributed by atoms with van der Waals surface area (Å²) < 4.78 is 2.27. The van der Waals surface area contributed by atoms with Gasteiger partial charge in [0, 0.05) is 37.9 Å². The highest BCUT2D eigenvalue weighted by Gasteiger charge is 2.21. The lowest BCUT2D eigenvalue weighted by Crippen LogP contribution is -2.41. The summed E-state index contributed by atoms with van der Waals surface area (Å²) in [6, 6.07) is 16.8. The molecular weight excluding hydrogens is 576 g/mol. The van der Waals surface area contributed by atoms with E-state index in [4.69, 9.17) is 16.5 Å². The molecule has 2 aromatic carbocycles. The summed E-state index contributed by atoms with van der Waals surface area (Å²) in [6.45, 7) is 4.67. The molecule has 3 aromatic rings. The molecule has 0 aliphatic carbocycles. The molecule has 1 aliphatic rings. The number of halogens is 3. The van der Waals surface area contributed by atoms with E-state index in [0.717, 1.165) is 68.2 Å². The van der Waals surface area contributed by atoms with Gasteiger partial charge in [0.2, 0.25) is 5.95 Å². The molecule has 1 fully saturated rings. The van der Waals surface area contributed by atoms with Gasteiger partial charge in [-0.3, -0.25) is 0 Å². The van der Waals surface area contributed by atoms with Gasteiger partial charge in [-0.25, -0.2) is 4.98 Å². The Labute approximate surface area is 209 Å². The molecular formula is C21H31Br3N6. The zero-order valence-electron chi connectivity index (χ0n) is 16.9. The van der Waals surface area contributed by atoms with Gasteiger partial charge in [-0.15, -0.1) is 50.9 Å². The molecule has 1 saturated heterocycles. The summed E-state index contributed by atoms with van der Waals surface area (Å²) in [5.74, 6) is 0.949. The largest absolute Gasteiger partial charge is 0.399 e. The van der Waals surface area contributed by atoms with E-state index in [1.54, 1.807) is 0 Å². The van der Waals surface area contributed by atoms with Crippen molar-refractivity contribution in [1.29, 1.82) is 0 Å². The second-order valence-electron chi connectivity index (χ2n) is 7.30. The van der Waals surface area contributed by atoms with E-state index in [9.17, 15) is 0 Å². The number of hydrogen-bond donors (Lipinski definition) is 3. The molecule has 9 heteroatoms. The van der Waals surface area contributed by atoms with Crippen LogP contribution in [0.25, 0.3) is 11.0 Å². The third kappa shape index (κ3) is 6.43. The average Bonchev–Trinajstić information content (AvgIpc) is 3.02. The van der Waals surface area contributed by atoms with Gasteiger partial charge in [-0.2, -0.15) is 0 Å². The molecule has 166 valence electrons. The third-order valence-corrected chi connectivity index (χ3v) is 5.34. The number of nitrogens with two attached hydrogens (primary N) is 2. The average molecular weight is 607 g/mol. The lowest BCUT2D eigenvalue weighted by Gasteiger charge is -2.32. The number of rotatable bonds is 6. The van der Waals surface area contributed by atoms with Gasteiger partial charge < -0.3 is 26.3 Å². The topological polar surface area (TPSA) is 85.1 Å². The van der Waals surface area contributed by atoms with Crippen molar-refractivity contribution in [1.82, 2.24) is 14.5 Å². The van der Waals surface area contributed by atoms with E-state index in [-0.39, 0.29) is 50.9 Å². The number of nitrogens with zero attached hydrogens (tertiary/aromatic N) is 3. The van der Waals surface area contributed by atoms with Gasteiger partial charge in [0.1, 0.15) is 0 Å². The number of imidazole rings is 1. The highest BCUT2D eigenvalue weighted by molar-refractivity contribution is 8.93. The van der Waals surface area contributed by atoms with E-state index in [2.05, 4.69) is 45.1 Å². The first-order chi connectivity index (χ1) is 13.2. The fraction of sp³-hybridized carbons (Fsp3) is 0.381. The van der Waals surface area contributed by atoms with Crippen molar-refractivity contribution in [3.8, 4) is 0 Å². The second-order valence-corrected chi connectivity index (χ2v) is 7.30. The number of anilines is 2. The van der Waals surface area contributed by atoms with Crippen molar-refractivity contribution < 1.29 is 0 Å². The van der Waals surface area contributed by atoms with Gasteiger partial charge in [-0.05, 0) is 42.7 Å². The first kappa shape index (κ1) is 26.9. The first-order valence-corrected chi connectivity index (χ1v) is 9.71. The predicted molar refractivity (Wildman–Crippen MR) is 143 cm³/mol. The van der Waals surface area contributed by atoms with E-state index in [1.165, 1.54) is 5.56 Å². The number of benzene rings is 2. The van der Waals surface area contributed by atoms with Crippen molar-refractivity contribution >= 4 is 73.6 Å². The number of fused-ring (bicyclic) bond motifs is 1. The Hall–Kier alpha value is -1.13. The summed E-state index contributed by atoms with van der Waals surface area (Å²) in [5.41, 5.74) is 15.7. The Kier molecular flexibility index (Phi) is 11.4. The standard InChI is InChI=1S/C21H28N6.3BrH/c22-11-14-26-12-9-18(10-13-26)24-21-25-19-3-1-2-4-20(19)27(21)15-16-5-7-17(23)8-6-16;;;/h1-8,18H,9-15,22-23H2,(H,24,25);3*1H. The molecule has 1 aliphatic heterocycles. The number of aromatic nitrogens is 2. The van der Waals surface area contributed by atoms with E-state index >= 15 is 0 Å². The van der Waals surface area contributed by atoms with Crippen molar-refractivity contribution in [3.63, 3.8) is 0 Å². The lowest BCUT2D eigenvalue weighted by molar-refractivity contribution is 0.224. The molecule has 0 unspecified atom stereocenters. The van der Waals surface area contributed by atoms with Crippen LogP contribution in [0.2, 0.25) is 0 Å². The summed E-state index contributed by atoms with van der Waals surface area (Å²) in [6.07, 6.45) is 2.23. The van der Waals surface area contributed by atoms with Crippen LogP contribution < -0.4 is 16.8 Å². The molecule has 0 atom stereocenters. The van der Waals surface area contributed by atoms with E-state index < -0.39 is 0 Å². The lowest BCUT2D eigenvalue weighted by atomic mass is 10.1. The van der Waals surface area contributed by atoms with E-state index in [0.29, 0.717) is 6.04 Å². The normalized spacial score (nSPS) is 14.4. The quantitative estimate of drug-likeness (QED) is 0.366. The van der Waals surface area contributed by atoms with Gasteiger partial charge in [0.05, 0.1) is 17.6 Å². The molecule has 30 heavy (non-hydrogen) atoms. The van der Waals surface area contributed by atoms with Crippen LogP contribution in [0.4, 0.5) is 11.6 Å². The number of piperidine rings is 1. The van der Waals surface area contributed by atoms with Crippen LogP contribution >= 0.6 is 50.9 Å². The minimum atomic E-state index is 0. The zero-order valence-corrected chi connectivity index (χ0v) is 22.0. The smallest absolute Gasteiger partial charge is 0.204 e. The Bertz CT molecular complexity index is 891. The molecule has 5 N–H and O–H groups in total. The number of likely N-dealkylation sites (tertiary alicyclic amines) is 1. The maximum absolute atomic E-state index is 5.83. The second kappa shape index (κ2) is 12.7. The van der Waals surface area contributed by atoms with Crippen molar-refractivity contribution in [2.24, 2.45) is 5.73 Å². The molecule has 0 radical (unpaired) electrons. The highest BCUT2D eigenvalue weighted by Crippen LogP contribution is 2.24. The minimum Gasteiger partial charge on any atom is -0.399 e. The summed E-state index contributed by atoms with van der Waals surface area (Å²) in [5, 5.41) is 3.70. The molecule has 0 saturated carbocycles. The highest BCUT2D eigenvalue weighted by atomic mass is 79.9. The van der Waals surface area contributed by atoms with Crippen LogP contribution in [0.3, 0.4) is 0 Å². The van der Waals surface area contributed by atoms with Crippen molar-refractivity contribution in [2.75, 3.05) is 37.2 Å². The van der Waals surface area contributed by atoms with Crippen LogP contribution in [0.15, 0.2) is 48.5 Å². The molecule has 0 spiro atoms. The van der Waals surface area contributed by atoms with Crippen molar-refractivity contribution in [3.05, 3.63) is 54.1 Å². The van der Waals surface area contributed by atoms with Crippen LogP contribution in [-0.4, -0.2) is 46.7 Å². The molecule has 0 bridgehead atoms. The summed E-state index contributed by atoms with van der Waals surface area (Å²) >= 11 is 0. The number of nitrogen functional groups attached to an aromatic ring is 1. The first-order valence-electron chi connectivity index (χ1n) is 9.71. The Morgan fingerprint density at radius 3 is 2.30 bits per heavy atom. The fourth-order valence-corrected chi connectivity index (χ4v) is 3.82. The van der Waals surface area contributed by atoms with Crippen LogP contribution in [0.5, 0.6) is 0 Å². The maximum Gasteiger partial charge on any atom is 0.204 e. The Balaban J connectivity index is 0.00000150. The maximum atomic E-state index is 5.83. The van der Waals surface area contributed by atoms with Gasteiger partial charge in [-0.1, -0.05) is 24.3 Å². The minimum absolute atomic E-state index is 0. The van der Waals surface area contributed by atoms with Crippen LogP contribution in [0.1, 0.15) is 18.4 Å². The number of para-hydroxylation sites is 2. The van der Waals surface area contributed by atoms with Gasteiger partial charge in [0.15, 0.2) is 0 Å². The number of hydrogen-bond acceptors (Lipinski definition) is 5. The molecule has 1 aromatic heterocycles. The molecule has 6 nitrogen and oxygen atoms in total. The summed E-state index contributed by atoms with van der Waals surface area (Å²) in [7, 11) is 0. The zero-order chi connectivity index (χ0) is 18.6. The van der Waals surface area contributed by atoms with Gasteiger partial charge >= 0.3 is 0 Å². The predicted octanol–water partition coefficient (Wildman–Crippen LogP) is 4.24. The number of nitrogens with one attached hydrogen (secondary N) is 1. The SMILES string of the molecule is Br.Br.Br.NCCN1CCC(Nc2nc3ccccc3n2Cc2ccc(N)cc2)CC1. The van der Waals surface area contributed by atoms with Gasteiger partial charge in [0.25, 0.3) is 0 Å². The monoisotopic (exact) mass is 604 g/mol. The molecule has 4 rings (SSSR count). The molecule has 2 heterocycles. The summed E-state index contributed by atoms with van der Waals surface area (Å²) in [4.78, 5) is 7.31. The van der Waals surface area contributed by atoms with Crippen LogP contribution in [0, 0.1) is 0 Å².